The van der Waals surface area contributed by atoms with E-state index in [-0.39, 0.29) is 24.4 Å². The smallest absolute Gasteiger partial charge is 0.325 e. The average molecular weight is 421 g/mol. The lowest BCUT2D eigenvalue weighted by Gasteiger charge is -2.30. The first kappa shape index (κ1) is 21.1. The third kappa shape index (κ3) is 4.46. The van der Waals surface area contributed by atoms with Gasteiger partial charge in [0.15, 0.2) is 0 Å². The number of carbonyl (C=O) groups is 3. The zero-order valence-electron chi connectivity index (χ0n) is 17.6. The normalized spacial score (nSPS) is 17.6. The lowest BCUT2D eigenvalue weighted by Crippen LogP contribution is -2.51. The Balaban J connectivity index is 1.35. The first-order valence-electron chi connectivity index (χ1n) is 10.7. The molecule has 0 aromatic heterocycles. The molecule has 7 nitrogen and oxygen atoms in total. The van der Waals surface area contributed by atoms with Gasteiger partial charge in [0.1, 0.15) is 5.54 Å². The van der Waals surface area contributed by atoms with E-state index in [4.69, 9.17) is 4.74 Å². The minimum absolute atomic E-state index is 0.165. The summed E-state index contributed by atoms with van der Waals surface area (Å²) in [6.45, 7) is 3.67. The molecular formula is C24H27N3O4. The Kier molecular flexibility index (Phi) is 6.04. The van der Waals surface area contributed by atoms with E-state index in [2.05, 4.69) is 29.7 Å². The van der Waals surface area contributed by atoms with Gasteiger partial charge in [-0.25, -0.2) is 4.79 Å². The molecule has 2 aliphatic rings. The first-order valence-corrected chi connectivity index (χ1v) is 10.7. The summed E-state index contributed by atoms with van der Waals surface area (Å²) >= 11 is 0. The summed E-state index contributed by atoms with van der Waals surface area (Å²) in [4.78, 5) is 38.9. The number of ether oxygens (including phenoxy) is 1. The summed E-state index contributed by atoms with van der Waals surface area (Å²) in [6, 6.07) is 14.8. The average Bonchev–Trinajstić information content (AvgIpc) is 3.02. The predicted molar refractivity (Wildman–Crippen MR) is 115 cm³/mol. The second kappa shape index (κ2) is 8.89. The van der Waals surface area contributed by atoms with Crippen LogP contribution in [0.3, 0.4) is 0 Å². The van der Waals surface area contributed by atoms with Gasteiger partial charge in [-0.3, -0.25) is 14.5 Å². The second-order valence-electron chi connectivity index (χ2n) is 8.07. The zero-order chi connectivity index (χ0) is 21.8. The number of imide groups is 1. The summed E-state index contributed by atoms with van der Waals surface area (Å²) in [5.41, 5.74) is 2.80. The highest BCUT2D eigenvalue weighted by Crippen LogP contribution is 2.29. The molecule has 0 atom stereocenters. The van der Waals surface area contributed by atoms with Gasteiger partial charge in [-0.2, -0.15) is 0 Å². The molecule has 2 heterocycles. The molecular weight excluding hydrogens is 394 g/mol. The Morgan fingerprint density at radius 3 is 2.26 bits per heavy atom. The van der Waals surface area contributed by atoms with E-state index in [0.29, 0.717) is 38.2 Å². The Labute approximate surface area is 181 Å². The van der Waals surface area contributed by atoms with Crippen LogP contribution < -0.4 is 10.6 Å². The van der Waals surface area contributed by atoms with E-state index in [1.165, 1.54) is 10.5 Å². The van der Waals surface area contributed by atoms with Crippen LogP contribution in [0.25, 0.3) is 0 Å². The molecule has 1 spiro atoms. The molecule has 2 aromatic rings. The molecule has 4 amide bonds. The van der Waals surface area contributed by atoms with Crippen LogP contribution in [0.15, 0.2) is 48.5 Å². The number of benzene rings is 2. The summed E-state index contributed by atoms with van der Waals surface area (Å²) < 4.78 is 5.33. The number of hydrogen-bond acceptors (Lipinski definition) is 4. The van der Waals surface area contributed by atoms with Gasteiger partial charge in [0.25, 0.3) is 11.8 Å². The van der Waals surface area contributed by atoms with Crippen molar-refractivity contribution in [2.24, 2.45) is 0 Å². The van der Waals surface area contributed by atoms with Crippen molar-refractivity contribution in [2.75, 3.05) is 13.2 Å². The third-order valence-corrected chi connectivity index (χ3v) is 6.03. The molecule has 0 aliphatic carbocycles. The van der Waals surface area contributed by atoms with E-state index in [1.807, 2.05) is 12.1 Å². The van der Waals surface area contributed by atoms with E-state index >= 15 is 0 Å². The van der Waals surface area contributed by atoms with Crippen molar-refractivity contribution in [2.45, 2.75) is 44.8 Å². The number of urea groups is 1. The van der Waals surface area contributed by atoms with Crippen LogP contribution in [-0.4, -0.2) is 41.5 Å². The monoisotopic (exact) mass is 421 g/mol. The van der Waals surface area contributed by atoms with Crippen molar-refractivity contribution in [1.82, 2.24) is 15.5 Å². The van der Waals surface area contributed by atoms with Gasteiger partial charge < -0.3 is 15.4 Å². The lowest BCUT2D eigenvalue weighted by molar-refractivity contribution is -0.134. The van der Waals surface area contributed by atoms with Crippen LogP contribution in [0.2, 0.25) is 0 Å². The van der Waals surface area contributed by atoms with Gasteiger partial charge in [0.05, 0.1) is 6.54 Å². The summed E-state index contributed by atoms with van der Waals surface area (Å²) in [5, 5.41) is 5.77. The highest BCUT2D eigenvalue weighted by molar-refractivity contribution is 6.07. The maximum atomic E-state index is 12.9. The largest absolute Gasteiger partial charge is 0.381 e. The molecule has 2 N–H and O–H groups in total. The third-order valence-electron chi connectivity index (χ3n) is 6.03. The van der Waals surface area contributed by atoms with Crippen molar-refractivity contribution in [3.05, 3.63) is 70.8 Å². The van der Waals surface area contributed by atoms with Gasteiger partial charge in [-0.15, -0.1) is 0 Å². The fourth-order valence-electron chi connectivity index (χ4n) is 4.00. The van der Waals surface area contributed by atoms with Gasteiger partial charge in [0.2, 0.25) is 0 Å². The Morgan fingerprint density at radius 1 is 1.00 bits per heavy atom. The van der Waals surface area contributed by atoms with E-state index in [9.17, 15) is 14.4 Å². The van der Waals surface area contributed by atoms with Crippen LogP contribution in [0.5, 0.6) is 0 Å². The van der Waals surface area contributed by atoms with Crippen molar-refractivity contribution in [3.63, 3.8) is 0 Å². The van der Waals surface area contributed by atoms with Crippen LogP contribution >= 0.6 is 0 Å². The van der Waals surface area contributed by atoms with E-state index in [1.54, 1.807) is 24.3 Å². The molecule has 2 aromatic carbocycles. The zero-order valence-corrected chi connectivity index (χ0v) is 17.6. The molecule has 7 heteroatoms. The van der Waals surface area contributed by atoms with Crippen molar-refractivity contribution in [3.8, 4) is 0 Å². The minimum Gasteiger partial charge on any atom is -0.381 e. The molecule has 0 unspecified atom stereocenters. The molecule has 0 radical (unpaired) electrons. The number of nitrogens with one attached hydrogen (secondary N) is 2. The van der Waals surface area contributed by atoms with Crippen LogP contribution in [0.1, 0.15) is 46.8 Å². The highest BCUT2D eigenvalue weighted by Gasteiger charge is 2.51. The van der Waals surface area contributed by atoms with Crippen molar-refractivity contribution >= 4 is 17.8 Å². The number of rotatable bonds is 6. The van der Waals surface area contributed by atoms with Crippen LogP contribution in [-0.2, 0) is 29.0 Å². The van der Waals surface area contributed by atoms with Crippen molar-refractivity contribution < 1.29 is 19.1 Å². The van der Waals surface area contributed by atoms with Crippen LogP contribution in [0, 0.1) is 0 Å². The molecule has 0 bridgehead atoms. The van der Waals surface area contributed by atoms with Gasteiger partial charge in [0, 0.05) is 38.2 Å². The molecule has 0 saturated carbocycles. The second-order valence-corrected chi connectivity index (χ2v) is 8.07. The quantitative estimate of drug-likeness (QED) is 0.702. The molecule has 4 rings (SSSR count). The maximum Gasteiger partial charge on any atom is 0.325 e. The fraction of sp³-hybridized carbons (Fsp3) is 0.375. The van der Waals surface area contributed by atoms with Crippen molar-refractivity contribution in [1.29, 1.82) is 0 Å². The van der Waals surface area contributed by atoms with Gasteiger partial charge in [-0.05, 0) is 35.2 Å². The fourth-order valence-corrected chi connectivity index (χ4v) is 4.00. The summed E-state index contributed by atoms with van der Waals surface area (Å²) in [6.07, 6.45) is 1.97. The number of amides is 4. The molecule has 31 heavy (non-hydrogen) atoms. The first-order chi connectivity index (χ1) is 15.0. The Morgan fingerprint density at radius 2 is 1.61 bits per heavy atom. The minimum atomic E-state index is -0.829. The number of carbonyl (C=O) groups excluding carboxylic acids is 3. The summed E-state index contributed by atoms with van der Waals surface area (Å²) in [5.74, 6) is -0.362. The predicted octanol–water partition coefficient (Wildman–Crippen LogP) is 2.78. The molecule has 162 valence electrons. The molecule has 2 fully saturated rings. The molecule has 2 aliphatic heterocycles. The highest BCUT2D eigenvalue weighted by atomic mass is 16.5. The number of hydrogen-bond donors (Lipinski definition) is 2. The van der Waals surface area contributed by atoms with E-state index < -0.39 is 5.54 Å². The Hall–Kier alpha value is -3.19. The van der Waals surface area contributed by atoms with E-state index in [0.717, 1.165) is 17.5 Å². The maximum absolute atomic E-state index is 12.9. The summed E-state index contributed by atoms with van der Waals surface area (Å²) in [7, 11) is 0. The van der Waals surface area contributed by atoms with Gasteiger partial charge >= 0.3 is 6.03 Å². The topological polar surface area (TPSA) is 87.7 Å². The van der Waals surface area contributed by atoms with Gasteiger partial charge in [-0.1, -0.05) is 43.3 Å². The standard InChI is InChI=1S/C24H27N3O4/c1-2-17-3-5-18(6-4-17)15-25-21(28)20-9-7-19(8-10-20)16-27-22(29)24(26-23(27)30)11-13-31-14-12-24/h3-10H,2,11-16H2,1H3,(H,25,28)(H,26,30). The SMILES string of the molecule is CCc1ccc(CNC(=O)c2ccc(CN3C(=O)NC4(CCOCC4)C3=O)cc2)cc1. The number of aryl methyl sites for hydroxylation is 1. The number of nitrogens with zero attached hydrogens (tertiary/aromatic N) is 1. The lowest BCUT2D eigenvalue weighted by atomic mass is 9.90. The Bertz CT molecular complexity index is 963. The van der Waals surface area contributed by atoms with Crippen LogP contribution in [0.4, 0.5) is 4.79 Å². The molecule has 2 saturated heterocycles.